The number of alkyl halides is 3. The van der Waals surface area contributed by atoms with Crippen LogP contribution < -0.4 is 10.2 Å². The summed E-state index contributed by atoms with van der Waals surface area (Å²) < 4.78 is 41.4. The monoisotopic (exact) mass is 446 g/mol. The van der Waals surface area contributed by atoms with Gasteiger partial charge in [0.05, 0.1) is 40.3 Å². The molecule has 1 aromatic heterocycles. The number of aromatic nitrogens is 2. The fourth-order valence-electron chi connectivity index (χ4n) is 3.40. The number of anilines is 2. The van der Waals surface area contributed by atoms with Crippen LogP contribution in [0.5, 0.6) is 0 Å². The minimum atomic E-state index is -4.77. The molecular weight excluding hydrogens is 429 g/mol. The van der Waals surface area contributed by atoms with Crippen molar-refractivity contribution in [3.05, 3.63) is 54.2 Å². The first-order valence-electron chi connectivity index (χ1n) is 9.38. The molecule has 1 aliphatic heterocycles. The van der Waals surface area contributed by atoms with Crippen LogP contribution in [-0.2, 0) is 9.59 Å². The van der Waals surface area contributed by atoms with E-state index in [0.29, 0.717) is 26.7 Å². The molecular formula is C21H17F3N4O2S. The quantitative estimate of drug-likeness (QED) is 0.606. The maximum absolute atomic E-state index is 13.8. The van der Waals surface area contributed by atoms with Crippen LogP contribution in [0.3, 0.4) is 0 Å². The third-order valence-corrected chi connectivity index (χ3v) is 5.86. The Hall–Kier alpha value is -3.14. The van der Waals surface area contributed by atoms with Crippen molar-refractivity contribution in [1.82, 2.24) is 9.97 Å². The molecule has 0 fully saturated rings. The first kappa shape index (κ1) is 21.1. The lowest BCUT2D eigenvalue weighted by atomic mass is 10.1. The Morgan fingerprint density at radius 2 is 1.77 bits per heavy atom. The zero-order valence-corrected chi connectivity index (χ0v) is 17.1. The van der Waals surface area contributed by atoms with Gasteiger partial charge < -0.3 is 5.32 Å². The summed E-state index contributed by atoms with van der Waals surface area (Å²) in [7, 11) is 0. The van der Waals surface area contributed by atoms with Crippen LogP contribution >= 0.6 is 11.8 Å². The second-order valence-electron chi connectivity index (χ2n) is 6.98. The Balaban J connectivity index is 1.65. The van der Waals surface area contributed by atoms with Crippen molar-refractivity contribution >= 4 is 46.0 Å². The number of nitrogens with zero attached hydrogens (tertiary/aromatic N) is 3. The number of nitrogens with one attached hydrogen (secondary N) is 1. The van der Waals surface area contributed by atoms with E-state index in [1.165, 1.54) is 18.2 Å². The number of para-hydroxylation sites is 4. The SMILES string of the molecule is Cc1nc2ccccc2nc1SCC(=O)N1c2ccccc2NC(=O)C[C@H]1C(F)(F)F. The topological polar surface area (TPSA) is 75.2 Å². The standard InChI is InChI=1S/C21H17F3N4O2S/c1-12-20(27-14-7-3-2-6-13(14)25-12)31-11-19(30)28-16-9-5-4-8-15(16)26-18(29)10-17(28)21(22,23)24/h2-9,17H,10-11H2,1H3,(H,26,29)/t17-/m0/s1. The highest BCUT2D eigenvalue weighted by molar-refractivity contribution is 8.00. The van der Waals surface area contributed by atoms with Crippen molar-refractivity contribution in [2.75, 3.05) is 16.0 Å². The summed E-state index contributed by atoms with van der Waals surface area (Å²) in [5.74, 6) is -1.86. The van der Waals surface area contributed by atoms with E-state index in [-0.39, 0.29) is 17.1 Å². The fraction of sp³-hybridized carbons (Fsp3) is 0.238. The number of benzene rings is 2. The molecule has 31 heavy (non-hydrogen) atoms. The molecule has 2 heterocycles. The lowest BCUT2D eigenvalue weighted by Gasteiger charge is -2.31. The third kappa shape index (κ3) is 4.34. The summed E-state index contributed by atoms with van der Waals surface area (Å²) in [5, 5.41) is 2.92. The minimum absolute atomic E-state index is 0.0163. The largest absolute Gasteiger partial charge is 0.409 e. The number of carbonyl (C=O) groups is 2. The van der Waals surface area contributed by atoms with E-state index < -0.39 is 30.5 Å². The van der Waals surface area contributed by atoms with Gasteiger partial charge in [-0.05, 0) is 31.2 Å². The summed E-state index contributed by atoms with van der Waals surface area (Å²) in [6.45, 7) is 1.73. The molecule has 0 aliphatic carbocycles. The molecule has 6 nitrogen and oxygen atoms in total. The summed E-state index contributed by atoms with van der Waals surface area (Å²) in [6.07, 6.45) is -5.64. The van der Waals surface area contributed by atoms with E-state index in [2.05, 4.69) is 15.3 Å². The van der Waals surface area contributed by atoms with E-state index in [0.717, 1.165) is 11.8 Å². The molecule has 0 radical (unpaired) electrons. The number of hydrogen-bond donors (Lipinski definition) is 1. The Kier molecular flexibility index (Phi) is 5.57. The van der Waals surface area contributed by atoms with E-state index in [4.69, 9.17) is 0 Å². The van der Waals surface area contributed by atoms with E-state index in [1.807, 2.05) is 6.07 Å². The third-order valence-electron chi connectivity index (χ3n) is 4.81. The van der Waals surface area contributed by atoms with Crippen molar-refractivity contribution in [3.8, 4) is 0 Å². The predicted octanol–water partition coefficient (Wildman–Crippen LogP) is 4.34. The highest BCUT2D eigenvalue weighted by Gasteiger charge is 2.48. The molecule has 1 N–H and O–H groups in total. The van der Waals surface area contributed by atoms with E-state index in [1.54, 1.807) is 31.2 Å². The number of carbonyl (C=O) groups excluding carboxylic acids is 2. The smallest absolute Gasteiger partial charge is 0.324 e. The molecule has 0 spiro atoms. The van der Waals surface area contributed by atoms with Crippen molar-refractivity contribution in [1.29, 1.82) is 0 Å². The average Bonchev–Trinajstić information content (AvgIpc) is 2.87. The summed E-state index contributed by atoms with van der Waals surface area (Å²) in [6, 6.07) is 10.9. The predicted molar refractivity (Wildman–Crippen MR) is 112 cm³/mol. The molecule has 2 aromatic carbocycles. The number of fused-ring (bicyclic) bond motifs is 2. The number of hydrogen-bond acceptors (Lipinski definition) is 5. The van der Waals surface area contributed by atoms with Gasteiger partial charge in [-0.25, -0.2) is 9.97 Å². The van der Waals surface area contributed by atoms with Gasteiger partial charge in [0.2, 0.25) is 11.8 Å². The van der Waals surface area contributed by atoms with Gasteiger partial charge in [0.1, 0.15) is 11.1 Å². The van der Waals surface area contributed by atoms with Crippen LogP contribution in [0.4, 0.5) is 24.5 Å². The number of aryl methyl sites for hydroxylation is 1. The van der Waals surface area contributed by atoms with Crippen molar-refractivity contribution in [2.45, 2.75) is 30.6 Å². The molecule has 4 rings (SSSR count). The van der Waals surface area contributed by atoms with Crippen molar-refractivity contribution in [2.24, 2.45) is 0 Å². The molecule has 0 bridgehead atoms. The van der Waals surface area contributed by atoms with Gasteiger partial charge in [0, 0.05) is 0 Å². The highest BCUT2D eigenvalue weighted by Crippen LogP contribution is 2.38. The Morgan fingerprint density at radius 1 is 1.13 bits per heavy atom. The summed E-state index contributed by atoms with van der Waals surface area (Å²) >= 11 is 1.02. The molecule has 0 saturated heterocycles. The maximum atomic E-state index is 13.8. The molecule has 1 atom stereocenters. The molecule has 2 amide bonds. The van der Waals surface area contributed by atoms with Gasteiger partial charge >= 0.3 is 6.18 Å². The zero-order valence-electron chi connectivity index (χ0n) is 16.3. The lowest BCUT2D eigenvalue weighted by Crippen LogP contribution is -2.50. The van der Waals surface area contributed by atoms with Gasteiger partial charge in [0.15, 0.2) is 0 Å². The van der Waals surface area contributed by atoms with Crippen LogP contribution in [0.15, 0.2) is 53.6 Å². The van der Waals surface area contributed by atoms with Gasteiger partial charge in [0.25, 0.3) is 0 Å². The van der Waals surface area contributed by atoms with Crippen LogP contribution in [0.1, 0.15) is 12.1 Å². The summed E-state index contributed by atoms with van der Waals surface area (Å²) in [5.41, 5.74) is 2.09. The van der Waals surface area contributed by atoms with Crippen molar-refractivity contribution < 1.29 is 22.8 Å². The van der Waals surface area contributed by atoms with Crippen molar-refractivity contribution in [3.63, 3.8) is 0 Å². The average molecular weight is 446 g/mol. The Bertz CT molecular complexity index is 1170. The maximum Gasteiger partial charge on any atom is 0.409 e. The first-order valence-corrected chi connectivity index (χ1v) is 10.4. The second-order valence-corrected chi connectivity index (χ2v) is 7.95. The number of halogens is 3. The van der Waals surface area contributed by atoms with E-state index in [9.17, 15) is 22.8 Å². The normalized spacial score (nSPS) is 16.6. The minimum Gasteiger partial charge on any atom is -0.324 e. The van der Waals surface area contributed by atoms with Gasteiger partial charge in [-0.3, -0.25) is 14.5 Å². The first-order chi connectivity index (χ1) is 14.7. The molecule has 1 aliphatic rings. The highest BCUT2D eigenvalue weighted by atomic mass is 32.2. The molecule has 0 unspecified atom stereocenters. The molecule has 3 aromatic rings. The lowest BCUT2D eigenvalue weighted by molar-refractivity contribution is -0.157. The van der Waals surface area contributed by atoms with Crippen LogP contribution in [0, 0.1) is 6.92 Å². The summed E-state index contributed by atoms with van der Waals surface area (Å²) in [4.78, 5) is 34.7. The fourth-order valence-corrected chi connectivity index (χ4v) is 4.22. The Labute approximate surface area is 179 Å². The van der Waals surface area contributed by atoms with E-state index >= 15 is 0 Å². The second kappa shape index (κ2) is 8.18. The van der Waals surface area contributed by atoms with Crippen LogP contribution in [-0.4, -0.2) is 39.8 Å². The number of amides is 2. The molecule has 0 saturated carbocycles. The number of thioether (sulfide) groups is 1. The zero-order chi connectivity index (χ0) is 22.2. The van der Waals surface area contributed by atoms with Gasteiger partial charge in [-0.1, -0.05) is 36.0 Å². The molecule has 10 heteroatoms. The van der Waals surface area contributed by atoms with Crippen LogP contribution in [0.2, 0.25) is 0 Å². The molecule has 160 valence electrons. The number of rotatable bonds is 3. The van der Waals surface area contributed by atoms with Gasteiger partial charge in [-0.2, -0.15) is 13.2 Å². The van der Waals surface area contributed by atoms with Crippen LogP contribution in [0.25, 0.3) is 11.0 Å². The Morgan fingerprint density at radius 3 is 2.48 bits per heavy atom. The van der Waals surface area contributed by atoms with Gasteiger partial charge in [-0.15, -0.1) is 0 Å².